The maximum Gasteiger partial charge on any atom is 0.329 e. The molecule has 3 rings (SSSR count). The lowest BCUT2D eigenvalue weighted by Crippen LogP contribution is -2.25. The molecule has 0 spiro atoms. The van der Waals surface area contributed by atoms with Gasteiger partial charge in [0, 0.05) is 12.3 Å². The smallest absolute Gasteiger partial charge is 0.329 e. The summed E-state index contributed by atoms with van der Waals surface area (Å²) in [4.78, 5) is 10.4. The van der Waals surface area contributed by atoms with Crippen LogP contribution in [-0.2, 0) is 20.7 Å². The molecular formula is C22H28O5. The number of carbonyl (C=O) groups is 1. The van der Waals surface area contributed by atoms with Crippen molar-refractivity contribution < 1.29 is 24.5 Å². The Hall–Kier alpha value is -1.95. The van der Waals surface area contributed by atoms with Crippen LogP contribution >= 0.6 is 0 Å². The minimum atomic E-state index is -0.954. The second kappa shape index (κ2) is 9.83. The number of hydrogen-bond acceptors (Lipinski definition) is 4. The first-order chi connectivity index (χ1) is 13.1. The number of hydrogen-bond donors (Lipinski definition) is 2. The van der Waals surface area contributed by atoms with Crippen molar-refractivity contribution in [3.05, 3.63) is 60.2 Å². The molecule has 0 saturated carbocycles. The van der Waals surface area contributed by atoms with Crippen molar-refractivity contribution in [2.75, 3.05) is 13.2 Å². The van der Waals surface area contributed by atoms with E-state index in [2.05, 4.69) is 12.2 Å². The number of rotatable bonds is 10. The Balaban J connectivity index is 1.50. The Bertz CT molecular complexity index is 654. The van der Waals surface area contributed by atoms with Gasteiger partial charge in [0.2, 0.25) is 0 Å². The van der Waals surface area contributed by atoms with Gasteiger partial charge in [-0.25, -0.2) is 4.79 Å². The summed E-state index contributed by atoms with van der Waals surface area (Å²) in [5, 5.41) is 18.9. The number of fused-ring (bicyclic) bond motifs is 2. The van der Waals surface area contributed by atoms with Gasteiger partial charge in [0.05, 0.1) is 24.9 Å². The highest BCUT2D eigenvalue weighted by Crippen LogP contribution is 2.45. The molecule has 5 nitrogen and oxygen atoms in total. The van der Waals surface area contributed by atoms with Crippen LogP contribution < -0.4 is 0 Å². The molecule has 0 amide bonds. The molecule has 0 radical (unpaired) electrons. The summed E-state index contributed by atoms with van der Waals surface area (Å²) in [6.07, 6.45) is 11.7. The van der Waals surface area contributed by atoms with Crippen LogP contribution in [0.3, 0.4) is 0 Å². The molecule has 2 fully saturated rings. The highest BCUT2D eigenvalue weighted by atomic mass is 16.5. The highest BCUT2D eigenvalue weighted by Gasteiger charge is 2.46. The maximum atomic E-state index is 10.4. The zero-order valence-corrected chi connectivity index (χ0v) is 15.4. The lowest BCUT2D eigenvalue weighted by molar-refractivity contribution is -0.141. The molecule has 5 heteroatoms. The van der Waals surface area contributed by atoms with Gasteiger partial charge < -0.3 is 19.7 Å². The van der Waals surface area contributed by atoms with E-state index in [0.29, 0.717) is 24.9 Å². The molecular weight excluding hydrogens is 344 g/mol. The Morgan fingerprint density at radius 3 is 2.78 bits per heavy atom. The van der Waals surface area contributed by atoms with Crippen molar-refractivity contribution in [2.24, 2.45) is 11.8 Å². The van der Waals surface area contributed by atoms with Crippen LogP contribution in [0.1, 0.15) is 24.8 Å². The van der Waals surface area contributed by atoms with E-state index in [-0.39, 0.29) is 18.8 Å². The van der Waals surface area contributed by atoms with Gasteiger partial charge in [0.1, 0.15) is 6.61 Å². The number of carboxylic acid groups (broad SMARTS) is 1. The van der Waals surface area contributed by atoms with Crippen LogP contribution in [0.2, 0.25) is 0 Å². The van der Waals surface area contributed by atoms with Gasteiger partial charge in [-0.3, -0.25) is 0 Å². The Labute approximate surface area is 160 Å². The fourth-order valence-electron chi connectivity index (χ4n) is 4.10. The van der Waals surface area contributed by atoms with Crippen LogP contribution in [0.5, 0.6) is 0 Å². The Kier molecular flexibility index (Phi) is 7.21. The summed E-state index contributed by atoms with van der Waals surface area (Å²) >= 11 is 0. The summed E-state index contributed by atoms with van der Waals surface area (Å²) in [5.74, 6) is -0.234. The van der Waals surface area contributed by atoms with Gasteiger partial charge in [-0.05, 0) is 30.7 Å². The fraction of sp³-hybridized carbons (Fsp3) is 0.500. The van der Waals surface area contributed by atoms with Gasteiger partial charge in [-0.1, -0.05) is 54.6 Å². The molecule has 146 valence electrons. The minimum Gasteiger partial charge on any atom is -0.480 e. The third-order valence-electron chi connectivity index (χ3n) is 5.34. The summed E-state index contributed by atoms with van der Waals surface area (Å²) in [6, 6.07) is 9.99. The fourth-order valence-corrected chi connectivity index (χ4v) is 4.10. The normalized spacial score (nSPS) is 28.3. The SMILES string of the molecule is O=C(O)COC/C=C\C[C@H]1[C@@H](/C=C/C(O)Cc2ccccc2)[C@H]2CC[C@@H]1O2. The number of ether oxygens (including phenoxy) is 2. The van der Waals surface area contributed by atoms with Gasteiger partial charge in [-0.15, -0.1) is 0 Å². The number of carboxylic acids is 1. The number of allylic oxidation sites excluding steroid dienone is 1. The van der Waals surface area contributed by atoms with E-state index < -0.39 is 12.1 Å². The topological polar surface area (TPSA) is 76.0 Å². The highest BCUT2D eigenvalue weighted by molar-refractivity contribution is 5.67. The van der Waals surface area contributed by atoms with Crippen LogP contribution in [-0.4, -0.2) is 47.7 Å². The van der Waals surface area contributed by atoms with Crippen molar-refractivity contribution in [1.82, 2.24) is 0 Å². The molecule has 2 heterocycles. The predicted octanol–water partition coefficient (Wildman–Crippen LogP) is 2.99. The quantitative estimate of drug-likeness (QED) is 0.488. The monoisotopic (exact) mass is 372 g/mol. The molecule has 2 saturated heterocycles. The number of benzene rings is 1. The number of aliphatic hydroxyl groups is 1. The minimum absolute atomic E-state index is 0.247. The molecule has 2 N–H and O–H groups in total. The molecule has 2 aliphatic rings. The zero-order chi connectivity index (χ0) is 19.1. The zero-order valence-electron chi connectivity index (χ0n) is 15.4. The van der Waals surface area contributed by atoms with E-state index in [1.54, 1.807) is 0 Å². The molecule has 5 atom stereocenters. The summed E-state index contributed by atoms with van der Waals surface area (Å²) in [7, 11) is 0. The molecule has 1 aromatic carbocycles. The van der Waals surface area contributed by atoms with Gasteiger partial charge in [-0.2, -0.15) is 0 Å². The van der Waals surface area contributed by atoms with Crippen LogP contribution in [0, 0.1) is 11.8 Å². The molecule has 2 aliphatic heterocycles. The van der Waals surface area contributed by atoms with E-state index >= 15 is 0 Å². The summed E-state index contributed by atoms with van der Waals surface area (Å²) < 4.78 is 11.1. The third-order valence-corrected chi connectivity index (χ3v) is 5.34. The molecule has 2 bridgehead atoms. The second-order valence-corrected chi connectivity index (χ2v) is 7.29. The third kappa shape index (κ3) is 5.76. The predicted molar refractivity (Wildman–Crippen MR) is 102 cm³/mol. The summed E-state index contributed by atoms with van der Waals surface area (Å²) in [6.45, 7) is 0.0382. The van der Waals surface area contributed by atoms with Crippen molar-refractivity contribution in [3.8, 4) is 0 Å². The van der Waals surface area contributed by atoms with E-state index in [1.807, 2.05) is 42.5 Å². The van der Waals surface area contributed by atoms with Crippen LogP contribution in [0.25, 0.3) is 0 Å². The number of aliphatic carboxylic acids is 1. The molecule has 27 heavy (non-hydrogen) atoms. The Morgan fingerprint density at radius 1 is 1.22 bits per heavy atom. The molecule has 0 aromatic heterocycles. The molecule has 1 aromatic rings. The van der Waals surface area contributed by atoms with Crippen molar-refractivity contribution >= 4 is 5.97 Å². The van der Waals surface area contributed by atoms with E-state index in [0.717, 1.165) is 24.8 Å². The van der Waals surface area contributed by atoms with Crippen LogP contribution in [0.15, 0.2) is 54.6 Å². The van der Waals surface area contributed by atoms with Crippen LogP contribution in [0.4, 0.5) is 0 Å². The lowest BCUT2D eigenvalue weighted by atomic mass is 9.77. The van der Waals surface area contributed by atoms with Gasteiger partial charge in [0.25, 0.3) is 0 Å². The van der Waals surface area contributed by atoms with E-state index in [9.17, 15) is 9.90 Å². The van der Waals surface area contributed by atoms with Crippen molar-refractivity contribution in [3.63, 3.8) is 0 Å². The first-order valence-electron chi connectivity index (χ1n) is 9.64. The first-order valence-corrected chi connectivity index (χ1v) is 9.64. The summed E-state index contributed by atoms with van der Waals surface area (Å²) in [5.41, 5.74) is 1.12. The maximum absolute atomic E-state index is 10.4. The Morgan fingerprint density at radius 2 is 2.00 bits per heavy atom. The lowest BCUT2D eigenvalue weighted by Gasteiger charge is -2.25. The first kappa shape index (κ1) is 19.8. The largest absolute Gasteiger partial charge is 0.480 e. The average Bonchev–Trinajstić information content (AvgIpc) is 3.25. The van der Waals surface area contributed by atoms with E-state index in [1.165, 1.54) is 0 Å². The molecule has 0 aliphatic carbocycles. The van der Waals surface area contributed by atoms with Gasteiger partial charge >= 0.3 is 5.97 Å². The number of aliphatic hydroxyl groups excluding tert-OH is 1. The second-order valence-electron chi connectivity index (χ2n) is 7.29. The van der Waals surface area contributed by atoms with Crippen molar-refractivity contribution in [2.45, 2.75) is 44.0 Å². The average molecular weight is 372 g/mol. The van der Waals surface area contributed by atoms with Gasteiger partial charge in [0.15, 0.2) is 0 Å². The van der Waals surface area contributed by atoms with Crippen molar-refractivity contribution in [1.29, 1.82) is 0 Å². The standard InChI is InChI=1S/C22H28O5/c23-17(14-16-6-2-1-3-7-16)9-10-19-18(20-11-12-21(19)27-20)8-4-5-13-26-15-22(24)25/h1-7,9-10,17-21,23H,8,11-15H2,(H,24,25)/b5-4-,10-9+/t17?,18-,19+,20-,21+/m0/s1. The molecule has 1 unspecified atom stereocenters. The van der Waals surface area contributed by atoms with E-state index in [4.69, 9.17) is 14.6 Å².